The zero-order valence-corrected chi connectivity index (χ0v) is 11.4. The van der Waals surface area contributed by atoms with E-state index >= 15 is 0 Å². The van der Waals surface area contributed by atoms with Gasteiger partial charge < -0.3 is 4.52 Å². The van der Waals surface area contributed by atoms with E-state index in [9.17, 15) is 0 Å². The van der Waals surface area contributed by atoms with Gasteiger partial charge in [0, 0.05) is 22.0 Å². The molecule has 0 fully saturated rings. The Bertz CT molecular complexity index is 812. The fourth-order valence-electron chi connectivity index (χ4n) is 2.42. The molecule has 2 heterocycles. The van der Waals surface area contributed by atoms with Crippen molar-refractivity contribution in [2.45, 2.75) is 5.66 Å². The Hall–Kier alpha value is -3.22. The molecule has 0 radical (unpaired) electrons. The molecule has 1 aliphatic heterocycles. The van der Waals surface area contributed by atoms with Crippen LogP contribution in [0.1, 0.15) is 11.1 Å². The molecule has 7 heteroatoms. The minimum absolute atomic E-state index is 0.676. The summed E-state index contributed by atoms with van der Waals surface area (Å²) in [5.41, 5.74) is 2.46. The smallest absolute Gasteiger partial charge is 0.245 e. The third kappa shape index (κ3) is 1.91. The highest BCUT2D eigenvalue weighted by molar-refractivity contribution is 5.58. The lowest BCUT2D eigenvalue weighted by Crippen LogP contribution is -2.20. The van der Waals surface area contributed by atoms with E-state index in [1.54, 1.807) is 0 Å². The Morgan fingerprint density at radius 3 is 2.09 bits per heavy atom. The zero-order chi connectivity index (χ0) is 14.8. The lowest BCUT2D eigenvalue weighted by molar-refractivity contribution is 0.393. The van der Waals surface area contributed by atoms with Gasteiger partial charge in [0.15, 0.2) is 6.26 Å². The van der Waals surface area contributed by atoms with Crippen molar-refractivity contribution in [1.29, 1.82) is 0 Å². The van der Waals surface area contributed by atoms with Gasteiger partial charge in [-0.25, -0.2) is 0 Å². The molecular weight excluding hydrogens is 280 g/mol. The second-order valence-electron chi connectivity index (χ2n) is 4.78. The maximum absolute atomic E-state index is 4.76. The number of nitrogens with zero attached hydrogens (tertiary/aromatic N) is 6. The van der Waals surface area contributed by atoms with E-state index in [0.717, 1.165) is 16.7 Å². The number of hydrogen-bond acceptors (Lipinski definition) is 7. The molecule has 0 aliphatic carbocycles. The van der Waals surface area contributed by atoms with Gasteiger partial charge in [-0.2, -0.15) is 0 Å². The van der Waals surface area contributed by atoms with Crippen molar-refractivity contribution >= 4 is 0 Å². The average Bonchev–Trinajstić information content (AvgIpc) is 3.28. The summed E-state index contributed by atoms with van der Waals surface area (Å²) in [5, 5.41) is 23.3. The molecule has 0 N–H and O–H groups in total. The van der Waals surface area contributed by atoms with Crippen molar-refractivity contribution in [3.05, 3.63) is 72.0 Å². The monoisotopic (exact) mass is 290 g/mol. The van der Waals surface area contributed by atoms with Crippen LogP contribution in [0.3, 0.4) is 0 Å². The highest BCUT2D eigenvalue weighted by Crippen LogP contribution is 2.39. The van der Waals surface area contributed by atoms with Crippen LogP contribution in [0, 0.1) is 0 Å². The van der Waals surface area contributed by atoms with Gasteiger partial charge in [-0.1, -0.05) is 54.6 Å². The summed E-state index contributed by atoms with van der Waals surface area (Å²) in [4.78, 5) is 0. The first-order valence-electron chi connectivity index (χ1n) is 6.66. The van der Waals surface area contributed by atoms with Crippen LogP contribution in [0.25, 0.3) is 11.3 Å². The molecule has 2 aromatic carbocycles. The van der Waals surface area contributed by atoms with E-state index < -0.39 is 5.66 Å². The summed E-state index contributed by atoms with van der Waals surface area (Å²) >= 11 is 0. The van der Waals surface area contributed by atoms with E-state index in [-0.39, 0.29) is 0 Å². The Kier molecular flexibility index (Phi) is 2.82. The summed E-state index contributed by atoms with van der Waals surface area (Å²) in [6, 6.07) is 17.4. The van der Waals surface area contributed by atoms with Gasteiger partial charge in [-0.05, 0) is 10.4 Å². The Labute approximate surface area is 125 Å². The highest BCUT2D eigenvalue weighted by atomic mass is 16.5. The Morgan fingerprint density at radius 2 is 1.45 bits per heavy atom. The summed E-state index contributed by atoms with van der Waals surface area (Å²) < 4.78 is 4.76. The van der Waals surface area contributed by atoms with Crippen LogP contribution in [-0.4, -0.2) is 10.4 Å². The minimum atomic E-state index is -0.915. The van der Waals surface area contributed by atoms with E-state index in [2.05, 4.69) is 31.0 Å². The first-order chi connectivity index (χ1) is 10.9. The predicted molar refractivity (Wildman–Crippen MR) is 76.7 cm³/mol. The van der Waals surface area contributed by atoms with E-state index in [1.165, 1.54) is 6.26 Å². The van der Waals surface area contributed by atoms with Crippen molar-refractivity contribution in [3.63, 3.8) is 0 Å². The van der Waals surface area contributed by atoms with Crippen LogP contribution < -0.4 is 0 Å². The number of hydrogen-bond donors (Lipinski definition) is 0. The van der Waals surface area contributed by atoms with Crippen molar-refractivity contribution in [2.24, 2.45) is 20.7 Å². The zero-order valence-electron chi connectivity index (χ0n) is 11.4. The Balaban J connectivity index is 1.79. The highest BCUT2D eigenvalue weighted by Gasteiger charge is 2.37. The molecule has 0 saturated heterocycles. The third-order valence-electron chi connectivity index (χ3n) is 3.54. The molecule has 0 spiro atoms. The predicted octanol–water partition coefficient (Wildman–Crippen LogP) is 3.77. The molecule has 106 valence electrons. The minimum Gasteiger partial charge on any atom is -0.345 e. The van der Waals surface area contributed by atoms with Crippen LogP contribution in [0.15, 0.2) is 86.1 Å². The standard InChI is InChI=1S/C15H10N6O/c1-2-4-12(5-3-1)15(17-19-20-18-15)13-8-6-11(7-9-13)14-10-22-21-16-14/h1-10H. The van der Waals surface area contributed by atoms with E-state index in [1.807, 2.05) is 54.6 Å². The van der Waals surface area contributed by atoms with Gasteiger partial charge in [-0.3, -0.25) is 0 Å². The van der Waals surface area contributed by atoms with Crippen LogP contribution in [0.2, 0.25) is 0 Å². The largest absolute Gasteiger partial charge is 0.345 e. The summed E-state index contributed by atoms with van der Waals surface area (Å²) in [6.07, 6.45) is 1.50. The van der Waals surface area contributed by atoms with Crippen LogP contribution in [-0.2, 0) is 5.66 Å². The quantitative estimate of drug-likeness (QED) is 0.735. The molecular formula is C15H10N6O. The van der Waals surface area contributed by atoms with Gasteiger partial charge in [-0.15, -0.1) is 15.3 Å². The summed E-state index contributed by atoms with van der Waals surface area (Å²) in [7, 11) is 0. The molecule has 4 rings (SSSR count). The fourth-order valence-corrected chi connectivity index (χ4v) is 2.42. The lowest BCUT2D eigenvalue weighted by atomic mass is 9.92. The molecule has 0 saturated carbocycles. The maximum atomic E-state index is 4.76. The lowest BCUT2D eigenvalue weighted by Gasteiger charge is -2.20. The molecule has 7 nitrogen and oxygen atoms in total. The van der Waals surface area contributed by atoms with Gasteiger partial charge >= 0.3 is 0 Å². The second kappa shape index (κ2) is 4.96. The molecule has 0 atom stereocenters. The molecule has 22 heavy (non-hydrogen) atoms. The normalized spacial score (nSPS) is 15.3. The second-order valence-corrected chi connectivity index (χ2v) is 4.78. The first kappa shape index (κ1) is 12.5. The van der Waals surface area contributed by atoms with Crippen LogP contribution in [0.5, 0.6) is 0 Å². The fraction of sp³-hybridized carbons (Fsp3) is 0.0667. The van der Waals surface area contributed by atoms with Gasteiger partial charge in [0.05, 0.1) is 0 Å². The van der Waals surface area contributed by atoms with Crippen LogP contribution in [0.4, 0.5) is 0 Å². The van der Waals surface area contributed by atoms with Crippen molar-refractivity contribution < 1.29 is 4.52 Å². The summed E-state index contributed by atoms with van der Waals surface area (Å²) in [6.45, 7) is 0. The van der Waals surface area contributed by atoms with Crippen LogP contribution >= 0.6 is 0 Å². The van der Waals surface area contributed by atoms with Gasteiger partial charge in [0.25, 0.3) is 0 Å². The van der Waals surface area contributed by atoms with Gasteiger partial charge in [0.1, 0.15) is 5.69 Å². The Morgan fingerprint density at radius 1 is 0.773 bits per heavy atom. The molecule has 3 aromatic rings. The number of rotatable bonds is 3. The third-order valence-corrected chi connectivity index (χ3v) is 3.54. The molecule has 1 aliphatic rings. The number of benzene rings is 2. The van der Waals surface area contributed by atoms with E-state index in [4.69, 9.17) is 4.52 Å². The molecule has 0 amide bonds. The topological polar surface area (TPSA) is 88.4 Å². The molecule has 0 unspecified atom stereocenters. The van der Waals surface area contributed by atoms with Crippen molar-refractivity contribution in [3.8, 4) is 11.3 Å². The van der Waals surface area contributed by atoms with Crippen molar-refractivity contribution in [2.75, 3.05) is 0 Å². The average molecular weight is 290 g/mol. The SMILES string of the molecule is c1ccc(C2(c3ccc(-c4conn4)cc3)N=NN=N2)cc1. The van der Waals surface area contributed by atoms with Gasteiger partial charge in [0.2, 0.25) is 5.66 Å². The summed E-state index contributed by atoms with van der Waals surface area (Å²) in [5.74, 6) is 0. The first-order valence-corrected chi connectivity index (χ1v) is 6.66. The number of aromatic nitrogens is 2. The van der Waals surface area contributed by atoms with E-state index in [0.29, 0.717) is 5.69 Å². The van der Waals surface area contributed by atoms with Crippen molar-refractivity contribution in [1.82, 2.24) is 10.4 Å². The molecule has 1 aromatic heterocycles. The maximum Gasteiger partial charge on any atom is 0.245 e. The molecule has 0 bridgehead atoms.